The van der Waals surface area contributed by atoms with Gasteiger partial charge in [-0.15, -0.1) is 0 Å². The summed E-state index contributed by atoms with van der Waals surface area (Å²) < 4.78 is 5.75. The zero-order valence-corrected chi connectivity index (χ0v) is 21.5. The van der Waals surface area contributed by atoms with E-state index < -0.39 is 11.6 Å². The summed E-state index contributed by atoms with van der Waals surface area (Å²) in [4.78, 5) is 27.5. The van der Waals surface area contributed by atoms with Crippen LogP contribution >= 0.6 is 34.8 Å². The number of benzene rings is 2. The van der Waals surface area contributed by atoms with Gasteiger partial charge in [0.25, 0.3) is 5.91 Å². The van der Waals surface area contributed by atoms with Crippen molar-refractivity contribution in [1.82, 2.24) is 10.2 Å². The minimum Gasteiger partial charge on any atom is -0.484 e. The Morgan fingerprint density at radius 2 is 1.59 bits per heavy atom. The Morgan fingerprint density at radius 1 is 1.06 bits per heavy atom. The number of halogens is 3. The molecule has 0 bridgehead atoms. The molecule has 5 nitrogen and oxygen atoms in total. The highest BCUT2D eigenvalue weighted by Crippen LogP contribution is 2.28. The minimum absolute atomic E-state index is 0.0676. The summed E-state index contributed by atoms with van der Waals surface area (Å²) in [6.45, 7) is 10.9. The first-order chi connectivity index (χ1) is 14.8. The average molecular weight is 500 g/mol. The Kier molecular flexibility index (Phi) is 8.86. The molecule has 8 heteroatoms. The second-order valence-electron chi connectivity index (χ2n) is 8.80. The molecule has 2 aromatic rings. The van der Waals surface area contributed by atoms with Crippen LogP contribution in [0.3, 0.4) is 0 Å². The first kappa shape index (κ1) is 26.3. The number of carbonyl (C=O) groups excluding carboxylic acids is 2. The van der Waals surface area contributed by atoms with Crippen LogP contribution in [0.2, 0.25) is 15.1 Å². The number of nitrogens with zero attached hydrogens (tertiary/aromatic N) is 1. The standard InChI is InChI=1S/C24H29Cl3N2O3/c1-14-10-17(11-15(2)22(14)27)32-13-21(30)29(16(3)23(31)28-24(4,5)6)12-18-19(25)8-7-9-20(18)26/h7-11,16H,12-13H2,1-6H3,(H,28,31). The minimum atomic E-state index is -0.772. The molecule has 1 N–H and O–H groups in total. The lowest BCUT2D eigenvalue weighted by molar-refractivity contribution is -0.142. The van der Waals surface area contributed by atoms with E-state index in [0.29, 0.717) is 26.4 Å². The molecule has 174 valence electrons. The van der Waals surface area contributed by atoms with Crippen molar-refractivity contribution in [3.05, 3.63) is 62.1 Å². The van der Waals surface area contributed by atoms with Gasteiger partial charge in [0.1, 0.15) is 11.8 Å². The lowest BCUT2D eigenvalue weighted by Crippen LogP contribution is -2.53. The van der Waals surface area contributed by atoms with E-state index >= 15 is 0 Å². The fraction of sp³-hybridized carbons (Fsp3) is 0.417. The maximum Gasteiger partial charge on any atom is 0.261 e. The zero-order valence-electron chi connectivity index (χ0n) is 19.2. The van der Waals surface area contributed by atoms with Crippen LogP contribution in [-0.4, -0.2) is 34.9 Å². The van der Waals surface area contributed by atoms with E-state index in [9.17, 15) is 9.59 Å². The first-order valence-corrected chi connectivity index (χ1v) is 11.4. The number of nitrogens with one attached hydrogen (secondary N) is 1. The molecule has 0 aliphatic rings. The van der Waals surface area contributed by atoms with Crippen LogP contribution in [0.4, 0.5) is 0 Å². The van der Waals surface area contributed by atoms with Crippen LogP contribution in [0.15, 0.2) is 30.3 Å². The summed E-state index contributed by atoms with van der Waals surface area (Å²) in [6.07, 6.45) is 0. The monoisotopic (exact) mass is 498 g/mol. The fourth-order valence-corrected chi connectivity index (χ4v) is 3.75. The topological polar surface area (TPSA) is 58.6 Å². The third kappa shape index (κ3) is 7.03. The molecule has 0 radical (unpaired) electrons. The van der Waals surface area contributed by atoms with Gasteiger partial charge < -0.3 is 15.0 Å². The van der Waals surface area contributed by atoms with Crippen LogP contribution in [0.25, 0.3) is 0 Å². The normalized spacial score (nSPS) is 12.3. The van der Waals surface area contributed by atoms with Gasteiger partial charge in [-0.05, 0) is 76.9 Å². The lowest BCUT2D eigenvalue weighted by atomic mass is 10.1. The summed E-state index contributed by atoms with van der Waals surface area (Å²) in [7, 11) is 0. The summed E-state index contributed by atoms with van der Waals surface area (Å²) >= 11 is 18.9. The van der Waals surface area contributed by atoms with Gasteiger partial charge >= 0.3 is 0 Å². The van der Waals surface area contributed by atoms with Gasteiger partial charge in [0.2, 0.25) is 5.91 Å². The van der Waals surface area contributed by atoms with Gasteiger partial charge in [0.15, 0.2) is 6.61 Å². The highest BCUT2D eigenvalue weighted by Gasteiger charge is 2.29. The second kappa shape index (κ2) is 10.8. The van der Waals surface area contributed by atoms with Crippen molar-refractivity contribution in [3.63, 3.8) is 0 Å². The Balaban J connectivity index is 2.28. The summed E-state index contributed by atoms with van der Waals surface area (Å²) in [5.41, 5.74) is 1.83. The van der Waals surface area contributed by atoms with E-state index in [1.165, 1.54) is 4.90 Å². The summed E-state index contributed by atoms with van der Waals surface area (Å²) in [5.74, 6) is -0.129. The molecule has 0 aliphatic heterocycles. The maximum atomic E-state index is 13.2. The van der Waals surface area contributed by atoms with Crippen LogP contribution in [0.1, 0.15) is 44.4 Å². The highest BCUT2D eigenvalue weighted by atomic mass is 35.5. The number of carbonyl (C=O) groups is 2. The predicted octanol–water partition coefficient (Wildman–Crippen LogP) is 5.97. The van der Waals surface area contributed by atoms with Crippen LogP contribution in [0.5, 0.6) is 5.75 Å². The van der Waals surface area contributed by atoms with Crippen molar-refractivity contribution in [2.24, 2.45) is 0 Å². The Bertz CT molecular complexity index is 959. The summed E-state index contributed by atoms with van der Waals surface area (Å²) in [5, 5.41) is 4.41. The number of amides is 2. The molecule has 2 rings (SSSR count). The molecule has 0 spiro atoms. The van der Waals surface area contributed by atoms with Gasteiger partial charge in [-0.1, -0.05) is 40.9 Å². The van der Waals surface area contributed by atoms with Crippen molar-refractivity contribution >= 4 is 46.6 Å². The van der Waals surface area contributed by atoms with Crippen LogP contribution < -0.4 is 10.1 Å². The first-order valence-electron chi connectivity index (χ1n) is 10.2. The molecular formula is C24H29Cl3N2O3. The quantitative estimate of drug-likeness (QED) is 0.510. The molecule has 32 heavy (non-hydrogen) atoms. The van der Waals surface area contributed by atoms with E-state index in [4.69, 9.17) is 39.5 Å². The van der Waals surface area contributed by atoms with E-state index in [2.05, 4.69) is 5.32 Å². The molecule has 2 amide bonds. The van der Waals surface area contributed by atoms with Gasteiger partial charge in [0.05, 0.1) is 0 Å². The third-order valence-corrected chi connectivity index (χ3v) is 6.13. The molecule has 1 atom stereocenters. The number of hydrogen-bond acceptors (Lipinski definition) is 3. The largest absolute Gasteiger partial charge is 0.484 e. The number of rotatable bonds is 7. The molecule has 0 saturated carbocycles. The number of ether oxygens (including phenoxy) is 1. The van der Waals surface area contributed by atoms with Gasteiger partial charge in [0, 0.05) is 32.7 Å². The van der Waals surface area contributed by atoms with E-state index in [1.807, 2.05) is 34.6 Å². The maximum absolute atomic E-state index is 13.2. The SMILES string of the molecule is Cc1cc(OCC(=O)N(Cc2c(Cl)cccc2Cl)C(C)C(=O)NC(C)(C)C)cc(C)c1Cl. The predicted molar refractivity (Wildman–Crippen MR) is 131 cm³/mol. The Hall–Kier alpha value is -1.95. The highest BCUT2D eigenvalue weighted by molar-refractivity contribution is 6.36. The Morgan fingerprint density at radius 3 is 2.09 bits per heavy atom. The van der Waals surface area contributed by atoms with E-state index in [-0.39, 0.29) is 25.0 Å². The molecule has 2 aromatic carbocycles. The van der Waals surface area contributed by atoms with Crippen molar-refractivity contribution in [2.45, 2.75) is 59.7 Å². The molecule has 0 saturated heterocycles. The van der Waals surface area contributed by atoms with Crippen molar-refractivity contribution in [3.8, 4) is 5.75 Å². The van der Waals surface area contributed by atoms with Crippen LogP contribution in [-0.2, 0) is 16.1 Å². The van der Waals surface area contributed by atoms with Gasteiger partial charge in [-0.25, -0.2) is 0 Å². The van der Waals surface area contributed by atoms with Crippen LogP contribution in [0, 0.1) is 13.8 Å². The molecule has 0 aromatic heterocycles. The lowest BCUT2D eigenvalue weighted by Gasteiger charge is -2.31. The zero-order chi connectivity index (χ0) is 24.2. The van der Waals surface area contributed by atoms with E-state index in [0.717, 1.165) is 11.1 Å². The third-order valence-electron chi connectivity index (χ3n) is 4.83. The molecule has 0 aliphatic carbocycles. The van der Waals surface area contributed by atoms with E-state index in [1.54, 1.807) is 37.3 Å². The second-order valence-corrected chi connectivity index (χ2v) is 9.99. The molecule has 0 heterocycles. The van der Waals surface area contributed by atoms with Crippen molar-refractivity contribution in [2.75, 3.05) is 6.61 Å². The summed E-state index contributed by atoms with van der Waals surface area (Å²) in [6, 6.07) is 7.89. The number of hydrogen-bond donors (Lipinski definition) is 1. The molecular weight excluding hydrogens is 471 g/mol. The number of aryl methyl sites for hydroxylation is 2. The Labute approximate surface area is 205 Å². The van der Waals surface area contributed by atoms with Gasteiger partial charge in [-0.2, -0.15) is 0 Å². The average Bonchev–Trinajstić information content (AvgIpc) is 2.68. The van der Waals surface area contributed by atoms with Crippen molar-refractivity contribution < 1.29 is 14.3 Å². The fourth-order valence-electron chi connectivity index (χ4n) is 3.13. The van der Waals surface area contributed by atoms with Crippen molar-refractivity contribution in [1.29, 1.82) is 0 Å². The smallest absolute Gasteiger partial charge is 0.261 e. The molecule has 0 fully saturated rings. The van der Waals surface area contributed by atoms with Gasteiger partial charge in [-0.3, -0.25) is 9.59 Å². The molecule has 1 unspecified atom stereocenters.